The molecule has 0 bridgehead atoms. The Kier molecular flexibility index (Phi) is 4.26. The first-order valence-electron chi connectivity index (χ1n) is 5.63. The van der Waals surface area contributed by atoms with Gasteiger partial charge in [0.1, 0.15) is 5.82 Å². The highest BCUT2D eigenvalue weighted by atomic mass is 32.2. The number of anilines is 1. The summed E-state index contributed by atoms with van der Waals surface area (Å²) in [6.07, 6.45) is 3.26. The van der Waals surface area contributed by atoms with Gasteiger partial charge in [-0.15, -0.1) is 11.8 Å². The summed E-state index contributed by atoms with van der Waals surface area (Å²) in [5.41, 5.74) is 6.36. The van der Waals surface area contributed by atoms with E-state index in [2.05, 4.69) is 20.7 Å². The Hall–Kier alpha value is -2.48. The second-order valence-electron chi connectivity index (χ2n) is 3.80. The molecule has 0 fully saturated rings. The SMILES string of the molecule is CSc1ccccc1C(=O)Nc1[nH]ncc1C(N)=NO. The van der Waals surface area contributed by atoms with Crippen molar-refractivity contribution in [2.24, 2.45) is 10.9 Å². The van der Waals surface area contributed by atoms with Gasteiger partial charge in [0.25, 0.3) is 5.91 Å². The molecule has 7 nitrogen and oxygen atoms in total. The van der Waals surface area contributed by atoms with Gasteiger partial charge in [-0.1, -0.05) is 17.3 Å². The molecule has 0 saturated heterocycles. The maximum atomic E-state index is 12.2. The fourth-order valence-electron chi connectivity index (χ4n) is 1.64. The first-order valence-corrected chi connectivity index (χ1v) is 6.85. The summed E-state index contributed by atoms with van der Waals surface area (Å²) < 4.78 is 0. The van der Waals surface area contributed by atoms with Crippen LogP contribution >= 0.6 is 11.8 Å². The number of hydrogen-bond donors (Lipinski definition) is 4. The Bertz CT molecular complexity index is 653. The average molecular weight is 291 g/mol. The Morgan fingerprint density at radius 2 is 2.20 bits per heavy atom. The van der Waals surface area contributed by atoms with Gasteiger partial charge in [0.2, 0.25) is 0 Å². The lowest BCUT2D eigenvalue weighted by Gasteiger charge is -2.08. The lowest BCUT2D eigenvalue weighted by molar-refractivity contribution is 0.102. The van der Waals surface area contributed by atoms with E-state index in [9.17, 15) is 4.79 Å². The number of nitrogens with zero attached hydrogens (tertiary/aromatic N) is 2. The van der Waals surface area contributed by atoms with Gasteiger partial charge in [0.15, 0.2) is 5.84 Å². The van der Waals surface area contributed by atoms with Crippen LogP contribution in [0.4, 0.5) is 5.82 Å². The van der Waals surface area contributed by atoms with Crippen LogP contribution in [0.2, 0.25) is 0 Å². The van der Waals surface area contributed by atoms with E-state index in [1.165, 1.54) is 18.0 Å². The van der Waals surface area contributed by atoms with Gasteiger partial charge >= 0.3 is 0 Å². The van der Waals surface area contributed by atoms with Gasteiger partial charge in [-0.3, -0.25) is 9.89 Å². The monoisotopic (exact) mass is 291 g/mol. The van der Waals surface area contributed by atoms with Gasteiger partial charge in [-0.25, -0.2) is 0 Å². The number of amides is 1. The minimum atomic E-state index is -0.300. The Morgan fingerprint density at radius 3 is 2.90 bits per heavy atom. The molecule has 8 heteroatoms. The van der Waals surface area contributed by atoms with Crippen molar-refractivity contribution in [3.05, 3.63) is 41.6 Å². The van der Waals surface area contributed by atoms with Crippen LogP contribution in [0.25, 0.3) is 0 Å². The number of oxime groups is 1. The van der Waals surface area contributed by atoms with E-state index in [1.807, 2.05) is 18.4 Å². The van der Waals surface area contributed by atoms with E-state index in [0.717, 1.165) is 4.90 Å². The molecule has 5 N–H and O–H groups in total. The fourth-order valence-corrected chi connectivity index (χ4v) is 2.24. The summed E-state index contributed by atoms with van der Waals surface area (Å²) in [6, 6.07) is 7.23. The number of aromatic amines is 1. The molecule has 0 aliphatic heterocycles. The minimum absolute atomic E-state index is 0.132. The van der Waals surface area contributed by atoms with Gasteiger partial charge in [0, 0.05) is 4.90 Å². The molecule has 2 rings (SSSR count). The zero-order valence-electron chi connectivity index (χ0n) is 10.6. The Morgan fingerprint density at radius 1 is 1.45 bits per heavy atom. The summed E-state index contributed by atoms with van der Waals surface area (Å²) in [4.78, 5) is 13.1. The van der Waals surface area contributed by atoms with Crippen LogP contribution in [0.5, 0.6) is 0 Å². The van der Waals surface area contributed by atoms with Crippen LogP contribution < -0.4 is 11.1 Å². The topological polar surface area (TPSA) is 116 Å². The van der Waals surface area contributed by atoms with Crippen LogP contribution in [-0.4, -0.2) is 33.4 Å². The normalized spacial score (nSPS) is 11.3. The minimum Gasteiger partial charge on any atom is -0.409 e. The third-order valence-corrected chi connectivity index (χ3v) is 3.41. The second-order valence-corrected chi connectivity index (χ2v) is 4.65. The molecule has 0 atom stereocenters. The molecule has 0 aliphatic rings. The highest BCUT2D eigenvalue weighted by Crippen LogP contribution is 2.21. The molecule has 1 aromatic heterocycles. The number of thioether (sulfide) groups is 1. The van der Waals surface area contributed by atoms with Crippen LogP contribution in [0.1, 0.15) is 15.9 Å². The van der Waals surface area contributed by atoms with Crippen molar-refractivity contribution in [1.82, 2.24) is 10.2 Å². The molecule has 1 aromatic carbocycles. The molecule has 0 radical (unpaired) electrons. The van der Waals surface area contributed by atoms with E-state index in [4.69, 9.17) is 10.9 Å². The molecule has 1 amide bonds. The number of nitrogens with two attached hydrogens (primary N) is 1. The summed E-state index contributed by atoms with van der Waals surface area (Å²) in [5.74, 6) is -0.153. The predicted octanol–water partition coefficient (Wildman–Crippen LogP) is 1.48. The Labute approximate surface area is 119 Å². The van der Waals surface area contributed by atoms with Crippen LogP contribution in [0.3, 0.4) is 0 Å². The van der Waals surface area contributed by atoms with Gasteiger partial charge < -0.3 is 16.3 Å². The quantitative estimate of drug-likeness (QED) is 0.224. The molecule has 1 heterocycles. The standard InChI is InChI=1S/C12H13N5O2S/c1-20-9-5-3-2-4-7(9)12(18)15-11-8(6-14-16-11)10(13)17-19/h2-6,19H,1H3,(H2,13,17)(H2,14,15,16,18). The summed E-state index contributed by atoms with van der Waals surface area (Å²) in [5, 5.41) is 20.6. The molecule has 20 heavy (non-hydrogen) atoms. The lowest BCUT2D eigenvalue weighted by atomic mass is 10.2. The molecular formula is C12H13N5O2S. The first kappa shape index (κ1) is 13.9. The summed E-state index contributed by atoms with van der Waals surface area (Å²) in [6.45, 7) is 0. The highest BCUT2D eigenvalue weighted by Gasteiger charge is 2.15. The molecular weight excluding hydrogens is 278 g/mol. The highest BCUT2D eigenvalue weighted by molar-refractivity contribution is 7.98. The molecule has 0 aliphatic carbocycles. The van der Waals surface area contributed by atoms with Crippen molar-refractivity contribution >= 4 is 29.3 Å². The smallest absolute Gasteiger partial charge is 0.257 e. The summed E-state index contributed by atoms with van der Waals surface area (Å²) >= 11 is 1.48. The van der Waals surface area contributed by atoms with Crippen LogP contribution in [0, 0.1) is 0 Å². The number of carbonyl (C=O) groups is 1. The van der Waals surface area contributed by atoms with Gasteiger partial charge in [0.05, 0.1) is 17.3 Å². The second kappa shape index (κ2) is 6.11. The average Bonchev–Trinajstić information content (AvgIpc) is 2.94. The molecule has 0 spiro atoms. The van der Waals surface area contributed by atoms with E-state index in [-0.39, 0.29) is 17.6 Å². The number of hydrogen-bond acceptors (Lipinski definition) is 5. The number of H-pyrrole nitrogens is 1. The predicted molar refractivity (Wildman–Crippen MR) is 77.3 cm³/mol. The van der Waals surface area contributed by atoms with Crippen molar-refractivity contribution in [2.45, 2.75) is 4.90 Å². The number of rotatable bonds is 4. The van der Waals surface area contributed by atoms with Gasteiger partial charge in [-0.05, 0) is 18.4 Å². The van der Waals surface area contributed by atoms with Crippen LogP contribution in [-0.2, 0) is 0 Å². The van der Waals surface area contributed by atoms with Crippen molar-refractivity contribution in [3.63, 3.8) is 0 Å². The number of benzene rings is 1. The van der Waals surface area contributed by atoms with Crippen molar-refractivity contribution in [1.29, 1.82) is 0 Å². The number of carbonyl (C=O) groups excluding carboxylic acids is 1. The van der Waals surface area contributed by atoms with Gasteiger partial charge in [-0.2, -0.15) is 5.10 Å². The molecule has 104 valence electrons. The zero-order valence-corrected chi connectivity index (χ0v) is 11.4. The number of amidine groups is 1. The van der Waals surface area contributed by atoms with E-state index in [1.54, 1.807) is 12.1 Å². The largest absolute Gasteiger partial charge is 0.409 e. The van der Waals surface area contributed by atoms with Crippen molar-refractivity contribution in [3.8, 4) is 0 Å². The fraction of sp³-hybridized carbons (Fsp3) is 0.0833. The molecule has 0 unspecified atom stereocenters. The summed E-state index contributed by atoms with van der Waals surface area (Å²) in [7, 11) is 0. The third-order valence-electron chi connectivity index (χ3n) is 2.61. The lowest BCUT2D eigenvalue weighted by Crippen LogP contribution is -2.18. The van der Waals surface area contributed by atoms with Crippen LogP contribution in [0.15, 0.2) is 40.5 Å². The number of aromatic nitrogens is 2. The Balaban J connectivity index is 2.27. The van der Waals surface area contributed by atoms with Crippen molar-refractivity contribution in [2.75, 3.05) is 11.6 Å². The van der Waals surface area contributed by atoms with E-state index < -0.39 is 0 Å². The maximum Gasteiger partial charge on any atom is 0.257 e. The molecule has 0 saturated carbocycles. The third kappa shape index (κ3) is 2.75. The zero-order chi connectivity index (χ0) is 14.5. The molecule has 2 aromatic rings. The van der Waals surface area contributed by atoms with E-state index in [0.29, 0.717) is 11.1 Å². The first-order chi connectivity index (χ1) is 9.67. The van der Waals surface area contributed by atoms with E-state index >= 15 is 0 Å². The number of nitrogens with one attached hydrogen (secondary N) is 2. The van der Waals surface area contributed by atoms with Crippen molar-refractivity contribution < 1.29 is 10.0 Å². The maximum absolute atomic E-state index is 12.2.